The first-order valence-electron chi connectivity index (χ1n) is 10.9. The van der Waals surface area contributed by atoms with Gasteiger partial charge in [-0.15, -0.1) is 0 Å². The molecule has 0 saturated carbocycles. The number of hydrogen-bond donors (Lipinski definition) is 0. The zero-order valence-electron chi connectivity index (χ0n) is 17.7. The normalized spacial score (nSPS) is 20.0. The first-order chi connectivity index (χ1) is 13.5. The molecule has 0 atom stereocenters. The molecule has 0 unspecified atom stereocenters. The third-order valence-corrected chi connectivity index (χ3v) is 6.15. The van der Waals surface area contributed by atoms with Crippen molar-refractivity contribution >= 4 is 11.9 Å². The average Bonchev–Trinajstić information content (AvgIpc) is 2.88. The number of urea groups is 1. The maximum Gasteiger partial charge on any atom is 0.327 e. The summed E-state index contributed by atoms with van der Waals surface area (Å²) in [6, 6.07) is 10.2. The molecule has 2 aliphatic heterocycles. The Morgan fingerprint density at radius 3 is 2.32 bits per heavy atom. The summed E-state index contributed by atoms with van der Waals surface area (Å²) in [5, 5.41) is 0. The topological polar surface area (TPSA) is 43.9 Å². The predicted octanol–water partition coefficient (Wildman–Crippen LogP) is 3.78. The molecule has 0 N–H and O–H groups in total. The molecular weight excluding hydrogens is 350 g/mol. The van der Waals surface area contributed by atoms with Gasteiger partial charge in [-0.2, -0.15) is 0 Å². The number of nitrogens with zero attached hydrogens (tertiary/aromatic N) is 3. The standard InChI is InChI=1S/C23H35N3O2/c1-4-5-14-24-16-12-23(13-17-24)21(27)25(18-19(2)3)22(28)26(23)15-11-20-9-7-6-8-10-20/h6-10,19H,4-5,11-18H2,1-3H3. The van der Waals surface area contributed by atoms with E-state index in [4.69, 9.17) is 0 Å². The van der Waals surface area contributed by atoms with E-state index < -0.39 is 5.54 Å². The molecule has 1 aromatic rings. The van der Waals surface area contributed by atoms with Crippen molar-refractivity contribution in [3.05, 3.63) is 35.9 Å². The van der Waals surface area contributed by atoms with Crippen molar-refractivity contribution in [3.63, 3.8) is 0 Å². The van der Waals surface area contributed by atoms with E-state index in [9.17, 15) is 9.59 Å². The summed E-state index contributed by atoms with van der Waals surface area (Å²) in [6.45, 7) is 10.3. The number of benzene rings is 1. The Hall–Kier alpha value is -1.88. The number of carbonyl (C=O) groups excluding carboxylic acids is 2. The molecule has 0 radical (unpaired) electrons. The number of unbranched alkanes of at least 4 members (excludes halogenated alkanes) is 1. The van der Waals surface area contributed by atoms with Gasteiger partial charge in [0.25, 0.3) is 5.91 Å². The lowest BCUT2D eigenvalue weighted by atomic mass is 9.85. The van der Waals surface area contributed by atoms with E-state index in [1.54, 1.807) is 0 Å². The number of rotatable bonds is 8. The van der Waals surface area contributed by atoms with E-state index in [1.165, 1.54) is 23.3 Å². The van der Waals surface area contributed by atoms with Gasteiger partial charge in [-0.3, -0.25) is 9.69 Å². The Morgan fingerprint density at radius 2 is 1.71 bits per heavy atom. The number of carbonyl (C=O) groups is 2. The van der Waals surface area contributed by atoms with Crippen LogP contribution < -0.4 is 0 Å². The Labute approximate surface area is 169 Å². The van der Waals surface area contributed by atoms with Crippen LogP contribution >= 0.6 is 0 Å². The van der Waals surface area contributed by atoms with Crippen LogP contribution in [0.5, 0.6) is 0 Å². The Balaban J connectivity index is 1.77. The molecule has 154 valence electrons. The van der Waals surface area contributed by atoms with Crippen molar-refractivity contribution in [1.29, 1.82) is 0 Å². The van der Waals surface area contributed by atoms with Crippen molar-refractivity contribution in [3.8, 4) is 0 Å². The van der Waals surface area contributed by atoms with Crippen molar-refractivity contribution in [1.82, 2.24) is 14.7 Å². The lowest BCUT2D eigenvalue weighted by molar-refractivity contribution is -0.136. The predicted molar refractivity (Wildman–Crippen MR) is 112 cm³/mol. The zero-order valence-corrected chi connectivity index (χ0v) is 17.7. The molecule has 5 nitrogen and oxygen atoms in total. The zero-order chi connectivity index (χ0) is 20.1. The van der Waals surface area contributed by atoms with E-state index in [1.807, 2.05) is 23.1 Å². The van der Waals surface area contributed by atoms with Gasteiger partial charge in [0.15, 0.2) is 0 Å². The van der Waals surface area contributed by atoms with E-state index in [2.05, 4.69) is 37.8 Å². The second-order valence-electron chi connectivity index (χ2n) is 8.71. The second-order valence-corrected chi connectivity index (χ2v) is 8.71. The second kappa shape index (κ2) is 9.08. The molecule has 2 fully saturated rings. The van der Waals surface area contributed by atoms with Gasteiger partial charge in [-0.1, -0.05) is 57.5 Å². The van der Waals surface area contributed by atoms with Gasteiger partial charge < -0.3 is 9.80 Å². The van der Waals surface area contributed by atoms with Crippen LogP contribution in [0.15, 0.2) is 30.3 Å². The highest BCUT2D eigenvalue weighted by Gasteiger charge is 2.57. The molecule has 28 heavy (non-hydrogen) atoms. The molecule has 1 aromatic carbocycles. The summed E-state index contributed by atoms with van der Waals surface area (Å²) in [7, 11) is 0. The van der Waals surface area contributed by atoms with Gasteiger partial charge in [0.2, 0.25) is 0 Å². The van der Waals surface area contributed by atoms with Gasteiger partial charge in [0.05, 0.1) is 0 Å². The summed E-state index contributed by atoms with van der Waals surface area (Å²) in [5.74, 6) is 0.318. The van der Waals surface area contributed by atoms with Crippen LogP contribution in [0.25, 0.3) is 0 Å². The van der Waals surface area contributed by atoms with Crippen LogP contribution in [0, 0.1) is 5.92 Å². The smallest absolute Gasteiger partial charge is 0.309 e. The summed E-state index contributed by atoms with van der Waals surface area (Å²) in [5.41, 5.74) is 0.573. The van der Waals surface area contributed by atoms with Gasteiger partial charge in [0, 0.05) is 26.2 Å². The molecule has 2 heterocycles. The highest BCUT2D eigenvalue weighted by atomic mass is 16.2. The third-order valence-electron chi connectivity index (χ3n) is 6.15. The van der Waals surface area contributed by atoms with Gasteiger partial charge in [-0.25, -0.2) is 4.79 Å². The molecule has 0 aliphatic carbocycles. The van der Waals surface area contributed by atoms with E-state index in [0.717, 1.165) is 38.9 Å². The van der Waals surface area contributed by atoms with Crippen molar-refractivity contribution in [2.24, 2.45) is 5.92 Å². The maximum atomic E-state index is 13.4. The summed E-state index contributed by atoms with van der Waals surface area (Å²) in [6.07, 6.45) is 4.67. The fourth-order valence-corrected chi connectivity index (χ4v) is 4.52. The number of likely N-dealkylation sites (tertiary alicyclic amines) is 1. The molecule has 0 aromatic heterocycles. The lowest BCUT2D eigenvalue weighted by Crippen LogP contribution is -2.57. The van der Waals surface area contributed by atoms with Crippen molar-refractivity contribution in [2.45, 2.75) is 58.4 Å². The van der Waals surface area contributed by atoms with Crippen molar-refractivity contribution in [2.75, 3.05) is 32.7 Å². The molecular formula is C23H35N3O2. The fraction of sp³-hybridized carbons (Fsp3) is 0.652. The first-order valence-corrected chi connectivity index (χ1v) is 10.9. The van der Waals surface area contributed by atoms with E-state index >= 15 is 0 Å². The summed E-state index contributed by atoms with van der Waals surface area (Å²) < 4.78 is 0. The number of imide groups is 1. The van der Waals surface area contributed by atoms with Crippen LogP contribution in [-0.4, -0.2) is 64.9 Å². The quantitative estimate of drug-likeness (QED) is 0.640. The van der Waals surface area contributed by atoms with Gasteiger partial charge in [-0.05, 0) is 43.7 Å². The third kappa shape index (κ3) is 4.24. The highest BCUT2D eigenvalue weighted by Crippen LogP contribution is 2.37. The fourth-order valence-electron chi connectivity index (χ4n) is 4.52. The molecule has 2 aliphatic rings. The highest BCUT2D eigenvalue weighted by molar-refractivity contribution is 6.07. The first kappa shape index (κ1) is 20.8. The van der Waals surface area contributed by atoms with Crippen LogP contribution in [0.1, 0.15) is 52.0 Å². The summed E-state index contributed by atoms with van der Waals surface area (Å²) in [4.78, 5) is 32.5. The molecule has 1 spiro atoms. The minimum absolute atomic E-state index is 0.0365. The molecule has 5 heteroatoms. The van der Waals surface area contributed by atoms with Gasteiger partial charge in [0.1, 0.15) is 5.54 Å². The van der Waals surface area contributed by atoms with E-state index in [0.29, 0.717) is 13.1 Å². The van der Waals surface area contributed by atoms with Crippen molar-refractivity contribution < 1.29 is 9.59 Å². The largest absolute Gasteiger partial charge is 0.327 e. The maximum absolute atomic E-state index is 13.4. The Bertz CT molecular complexity index is 666. The molecule has 2 saturated heterocycles. The van der Waals surface area contributed by atoms with Crippen LogP contribution in [-0.2, 0) is 11.2 Å². The van der Waals surface area contributed by atoms with Crippen LogP contribution in [0.4, 0.5) is 4.79 Å². The Kier molecular flexibility index (Phi) is 6.76. The minimum atomic E-state index is -0.635. The van der Waals surface area contributed by atoms with Crippen LogP contribution in [0.2, 0.25) is 0 Å². The van der Waals surface area contributed by atoms with E-state index in [-0.39, 0.29) is 17.9 Å². The lowest BCUT2D eigenvalue weighted by Gasteiger charge is -2.42. The SMILES string of the molecule is CCCCN1CCC2(CC1)C(=O)N(CC(C)C)C(=O)N2CCc1ccccc1. The minimum Gasteiger partial charge on any atom is -0.309 e. The van der Waals surface area contributed by atoms with Crippen LogP contribution in [0.3, 0.4) is 0 Å². The Morgan fingerprint density at radius 1 is 1.04 bits per heavy atom. The monoisotopic (exact) mass is 385 g/mol. The number of hydrogen-bond acceptors (Lipinski definition) is 3. The molecule has 3 rings (SSSR count). The summed E-state index contributed by atoms with van der Waals surface area (Å²) >= 11 is 0. The number of amides is 3. The average molecular weight is 386 g/mol. The number of piperidine rings is 1. The molecule has 3 amide bonds. The van der Waals surface area contributed by atoms with Gasteiger partial charge >= 0.3 is 6.03 Å². The molecule has 0 bridgehead atoms.